The molecule has 2 N–H and O–H groups in total. The van der Waals surface area contributed by atoms with E-state index >= 15 is 0 Å². The van der Waals surface area contributed by atoms with Gasteiger partial charge in [-0.05, 0) is 36.9 Å². The lowest BCUT2D eigenvalue weighted by molar-refractivity contribution is 0.509. The van der Waals surface area contributed by atoms with E-state index in [0.717, 1.165) is 23.4 Å². The fourth-order valence-electron chi connectivity index (χ4n) is 3.65. The summed E-state index contributed by atoms with van der Waals surface area (Å²) in [7, 11) is -2.24. The molecule has 31 heavy (non-hydrogen) atoms. The molecule has 3 aromatic rings. The zero-order valence-corrected chi connectivity index (χ0v) is 18.0. The number of nitrogens with zero attached hydrogens (tertiary/aromatic N) is 3. The van der Waals surface area contributed by atoms with Gasteiger partial charge in [0.25, 0.3) is 0 Å². The fraction of sp³-hybridized carbons (Fsp3) is 0.238. The molecule has 0 bridgehead atoms. The van der Waals surface area contributed by atoms with Crippen molar-refractivity contribution in [3.05, 3.63) is 66.0 Å². The second-order valence-electron chi connectivity index (χ2n) is 7.87. The van der Waals surface area contributed by atoms with Gasteiger partial charge in [0, 0.05) is 35.5 Å². The van der Waals surface area contributed by atoms with Gasteiger partial charge in [-0.1, -0.05) is 19.9 Å². The van der Waals surface area contributed by atoms with Crippen LogP contribution >= 0.6 is 0 Å². The molecular formula is C21H21F2N5O2S. The Morgan fingerprint density at radius 2 is 1.81 bits per heavy atom. The highest BCUT2D eigenvalue weighted by Crippen LogP contribution is 2.44. The number of sulfonamides is 1. The van der Waals surface area contributed by atoms with Crippen molar-refractivity contribution in [3.8, 4) is 0 Å². The second-order valence-corrected chi connectivity index (χ2v) is 9.76. The van der Waals surface area contributed by atoms with Crippen molar-refractivity contribution in [2.75, 3.05) is 23.8 Å². The van der Waals surface area contributed by atoms with Gasteiger partial charge in [-0.3, -0.25) is 0 Å². The molecular weight excluding hydrogens is 424 g/mol. The third-order valence-corrected chi connectivity index (χ3v) is 6.65. The second kappa shape index (κ2) is 7.54. The molecule has 0 amide bonds. The minimum atomic E-state index is -3.61. The Labute approximate surface area is 179 Å². The van der Waals surface area contributed by atoms with Crippen LogP contribution in [-0.4, -0.2) is 32.0 Å². The van der Waals surface area contributed by atoms with Gasteiger partial charge in [-0.2, -0.15) is 0 Å². The van der Waals surface area contributed by atoms with Crippen LogP contribution in [0.3, 0.4) is 0 Å². The van der Waals surface area contributed by atoms with Crippen LogP contribution in [0.5, 0.6) is 0 Å². The molecule has 7 nitrogen and oxygen atoms in total. The zero-order chi connectivity index (χ0) is 22.4. The molecule has 162 valence electrons. The van der Waals surface area contributed by atoms with Crippen LogP contribution in [0.4, 0.5) is 31.8 Å². The molecule has 2 heterocycles. The maximum atomic E-state index is 13.5. The summed E-state index contributed by atoms with van der Waals surface area (Å²) < 4.78 is 53.6. The minimum Gasteiger partial charge on any atom is -0.340 e. The molecule has 0 radical (unpaired) electrons. The fourth-order valence-corrected chi connectivity index (χ4v) is 4.40. The first kappa shape index (κ1) is 21.1. The zero-order valence-electron chi connectivity index (χ0n) is 17.1. The Kier molecular flexibility index (Phi) is 5.14. The van der Waals surface area contributed by atoms with Gasteiger partial charge in [0.1, 0.15) is 18.0 Å². The van der Waals surface area contributed by atoms with Crippen LogP contribution in [-0.2, 0) is 15.4 Å². The maximum absolute atomic E-state index is 13.5. The highest BCUT2D eigenvalue weighted by Gasteiger charge is 2.37. The van der Waals surface area contributed by atoms with E-state index in [1.54, 1.807) is 18.2 Å². The quantitative estimate of drug-likeness (QED) is 0.621. The molecule has 10 heteroatoms. The van der Waals surface area contributed by atoms with E-state index < -0.39 is 21.7 Å². The Balaban J connectivity index is 1.72. The van der Waals surface area contributed by atoms with Crippen molar-refractivity contribution in [2.24, 2.45) is 0 Å². The predicted octanol–water partition coefficient (Wildman–Crippen LogP) is 3.84. The first-order valence-electron chi connectivity index (χ1n) is 9.50. The number of hydrogen-bond donors (Lipinski definition) is 2. The highest BCUT2D eigenvalue weighted by molar-refractivity contribution is 7.89. The molecule has 1 aliphatic heterocycles. The monoisotopic (exact) mass is 445 g/mol. The van der Waals surface area contributed by atoms with Crippen LogP contribution < -0.4 is 14.9 Å². The van der Waals surface area contributed by atoms with Gasteiger partial charge in [-0.15, -0.1) is 0 Å². The summed E-state index contributed by atoms with van der Waals surface area (Å²) in [4.78, 5) is 10.6. The van der Waals surface area contributed by atoms with Gasteiger partial charge >= 0.3 is 0 Å². The van der Waals surface area contributed by atoms with E-state index in [1.165, 1.54) is 19.4 Å². The summed E-state index contributed by atoms with van der Waals surface area (Å²) in [5, 5.41) is 2.93. The lowest BCUT2D eigenvalue weighted by Gasteiger charge is -2.22. The number of benzene rings is 2. The minimum absolute atomic E-state index is 0.158. The maximum Gasteiger partial charge on any atom is 0.240 e. The average molecular weight is 445 g/mol. The van der Waals surface area contributed by atoms with E-state index in [-0.39, 0.29) is 10.3 Å². The first-order valence-corrected chi connectivity index (χ1v) is 11.0. The molecule has 0 saturated carbocycles. The Bertz CT molecular complexity index is 1260. The Hall–Kier alpha value is -3.11. The number of nitrogens with one attached hydrogen (secondary N) is 2. The van der Waals surface area contributed by atoms with Crippen LogP contribution in [0, 0.1) is 11.6 Å². The van der Waals surface area contributed by atoms with Crippen LogP contribution in [0.15, 0.2) is 53.7 Å². The van der Waals surface area contributed by atoms with Gasteiger partial charge in [0.2, 0.25) is 10.0 Å². The lowest BCUT2D eigenvalue weighted by atomic mass is 9.87. The first-order chi connectivity index (χ1) is 14.6. The summed E-state index contributed by atoms with van der Waals surface area (Å²) in [6, 6.07) is 10.2. The topological polar surface area (TPSA) is 87.2 Å². The number of fused-ring (bicyclic) bond motifs is 1. The van der Waals surface area contributed by atoms with Crippen molar-refractivity contribution in [1.82, 2.24) is 14.7 Å². The summed E-state index contributed by atoms with van der Waals surface area (Å²) in [6.45, 7) is 4.71. The van der Waals surface area contributed by atoms with Crippen molar-refractivity contribution in [2.45, 2.75) is 24.2 Å². The van der Waals surface area contributed by atoms with Gasteiger partial charge in [-0.25, -0.2) is 31.9 Å². The van der Waals surface area contributed by atoms with Gasteiger partial charge < -0.3 is 10.2 Å². The highest BCUT2D eigenvalue weighted by atomic mass is 32.2. The van der Waals surface area contributed by atoms with E-state index in [1.807, 2.05) is 11.0 Å². The molecule has 2 aromatic carbocycles. The summed E-state index contributed by atoms with van der Waals surface area (Å²) in [5.41, 5.74) is 1.83. The van der Waals surface area contributed by atoms with Crippen molar-refractivity contribution >= 4 is 33.0 Å². The smallest absolute Gasteiger partial charge is 0.240 e. The number of aromatic nitrogens is 2. The van der Waals surface area contributed by atoms with E-state index in [0.29, 0.717) is 23.9 Å². The van der Waals surface area contributed by atoms with Crippen LogP contribution in [0.1, 0.15) is 19.4 Å². The van der Waals surface area contributed by atoms with E-state index in [9.17, 15) is 17.2 Å². The summed E-state index contributed by atoms with van der Waals surface area (Å²) in [5.74, 6) is -0.961. The van der Waals surface area contributed by atoms with E-state index in [4.69, 9.17) is 0 Å². The predicted molar refractivity (Wildman–Crippen MR) is 114 cm³/mol. The van der Waals surface area contributed by atoms with Crippen LogP contribution in [0.2, 0.25) is 0 Å². The third kappa shape index (κ3) is 3.96. The molecule has 0 saturated heterocycles. The van der Waals surface area contributed by atoms with Crippen molar-refractivity contribution in [3.63, 3.8) is 0 Å². The SMILES string of the molecule is CNS(=O)(=O)c1ccc2c(c1)N(c1cc(Nc3ccc(F)c(F)c3)ncn1)CC2(C)C. The molecule has 4 rings (SSSR count). The number of halogens is 2. The molecule has 0 spiro atoms. The summed E-state index contributed by atoms with van der Waals surface area (Å²) >= 11 is 0. The largest absolute Gasteiger partial charge is 0.340 e. The number of rotatable bonds is 5. The molecule has 0 atom stereocenters. The standard InChI is InChI=1S/C21H21F2N5O2S/c1-21(2)11-28(18-9-14(5-6-15(18)21)31(29,30)24-3)20-10-19(25-12-26-20)27-13-4-7-16(22)17(23)8-13/h4-10,12,24H,11H2,1-3H3,(H,25,26,27). The number of hydrogen-bond acceptors (Lipinski definition) is 6. The normalized spacial score (nSPS) is 15.1. The van der Waals surface area contributed by atoms with E-state index in [2.05, 4.69) is 33.9 Å². The third-order valence-electron chi connectivity index (χ3n) is 5.24. The average Bonchev–Trinajstić information content (AvgIpc) is 3.01. The molecule has 0 aliphatic carbocycles. The Morgan fingerprint density at radius 3 is 2.52 bits per heavy atom. The molecule has 0 fully saturated rings. The van der Waals surface area contributed by atoms with Crippen molar-refractivity contribution < 1.29 is 17.2 Å². The van der Waals surface area contributed by atoms with Gasteiger partial charge in [0.05, 0.1) is 4.90 Å². The molecule has 1 aliphatic rings. The Morgan fingerprint density at radius 1 is 1.03 bits per heavy atom. The van der Waals surface area contributed by atoms with Gasteiger partial charge in [0.15, 0.2) is 11.6 Å². The molecule has 1 aromatic heterocycles. The molecule has 0 unspecified atom stereocenters. The van der Waals surface area contributed by atoms with Crippen molar-refractivity contribution in [1.29, 1.82) is 0 Å². The number of anilines is 4. The lowest BCUT2D eigenvalue weighted by Crippen LogP contribution is -2.25. The summed E-state index contributed by atoms with van der Waals surface area (Å²) in [6.07, 6.45) is 1.36. The van der Waals surface area contributed by atoms with Crippen LogP contribution in [0.25, 0.3) is 0 Å².